The van der Waals surface area contributed by atoms with Gasteiger partial charge >= 0.3 is 0 Å². The molecule has 1 rings (SSSR count). The Morgan fingerprint density at radius 1 is 1.59 bits per heavy atom. The minimum absolute atomic E-state index is 0.0157. The number of amidine groups is 1. The van der Waals surface area contributed by atoms with E-state index in [0.29, 0.717) is 6.42 Å². The number of nitrogens with zero attached hydrogens (tertiary/aromatic N) is 2. The Labute approximate surface area is 100 Å². The molecule has 0 saturated carbocycles. The molecule has 2 unspecified atom stereocenters. The van der Waals surface area contributed by atoms with E-state index in [1.807, 2.05) is 0 Å². The maximum Gasteiger partial charge on any atom is 0.233 e. The average Bonchev–Trinajstić information content (AvgIpc) is 2.65. The Balaban J connectivity index is 2.72. The monoisotopic (exact) mass is 263 g/mol. The highest BCUT2D eigenvalue weighted by molar-refractivity contribution is 7.91. The molecule has 0 aromatic rings. The summed E-state index contributed by atoms with van der Waals surface area (Å²) in [6.07, 6.45) is 0.438. The van der Waals surface area contributed by atoms with Crippen molar-refractivity contribution >= 4 is 21.6 Å². The highest BCUT2D eigenvalue weighted by Crippen LogP contribution is 2.18. The van der Waals surface area contributed by atoms with Crippen molar-refractivity contribution in [2.24, 2.45) is 16.8 Å². The van der Waals surface area contributed by atoms with Crippen LogP contribution in [0.25, 0.3) is 0 Å². The molecule has 1 aliphatic rings. The van der Waals surface area contributed by atoms with Gasteiger partial charge in [-0.15, -0.1) is 0 Å². The Kier molecular flexibility index (Phi) is 3.97. The van der Waals surface area contributed by atoms with E-state index in [4.69, 9.17) is 10.9 Å². The van der Waals surface area contributed by atoms with Gasteiger partial charge in [-0.05, 0) is 13.3 Å². The molecule has 2 atom stereocenters. The first-order chi connectivity index (χ1) is 7.78. The number of hydrogen-bond acceptors (Lipinski definition) is 5. The van der Waals surface area contributed by atoms with E-state index in [0.717, 1.165) is 0 Å². The highest BCUT2D eigenvalue weighted by atomic mass is 32.2. The lowest BCUT2D eigenvalue weighted by Gasteiger charge is -2.25. The summed E-state index contributed by atoms with van der Waals surface area (Å²) in [6.45, 7) is 1.51. The van der Waals surface area contributed by atoms with Gasteiger partial charge in [0.1, 0.15) is 0 Å². The molecule has 0 aliphatic carbocycles. The first-order valence-corrected chi connectivity index (χ1v) is 7.05. The molecule has 0 aromatic heterocycles. The van der Waals surface area contributed by atoms with Gasteiger partial charge in [-0.3, -0.25) is 4.79 Å². The third kappa shape index (κ3) is 3.09. The molecule has 0 bridgehead atoms. The van der Waals surface area contributed by atoms with E-state index >= 15 is 0 Å². The van der Waals surface area contributed by atoms with Crippen LogP contribution in [0.15, 0.2) is 5.16 Å². The van der Waals surface area contributed by atoms with Crippen LogP contribution in [0.3, 0.4) is 0 Å². The second-order valence-corrected chi connectivity index (χ2v) is 6.48. The van der Waals surface area contributed by atoms with E-state index in [2.05, 4.69) is 5.16 Å². The molecule has 0 spiro atoms. The fourth-order valence-electron chi connectivity index (χ4n) is 1.78. The maximum absolute atomic E-state index is 11.9. The summed E-state index contributed by atoms with van der Waals surface area (Å²) in [7, 11) is -1.49. The molecule has 1 saturated heterocycles. The number of sulfone groups is 1. The van der Waals surface area contributed by atoms with Crippen LogP contribution in [0.4, 0.5) is 0 Å². The standard InChI is InChI=1S/C9H17N3O4S/c1-6(8(10)11-14)9(13)12(2)7-3-4-17(15,16)5-7/h6-7,14H,3-5H2,1-2H3,(H2,10,11). The van der Waals surface area contributed by atoms with Crippen molar-refractivity contribution in [3.8, 4) is 0 Å². The molecule has 17 heavy (non-hydrogen) atoms. The molecule has 98 valence electrons. The Bertz CT molecular complexity index is 432. The zero-order chi connectivity index (χ0) is 13.2. The summed E-state index contributed by atoms with van der Waals surface area (Å²) in [4.78, 5) is 13.3. The Hall–Kier alpha value is -1.31. The summed E-state index contributed by atoms with van der Waals surface area (Å²) in [5, 5.41) is 11.3. The number of oxime groups is 1. The number of hydrogen-bond donors (Lipinski definition) is 2. The van der Waals surface area contributed by atoms with Gasteiger partial charge < -0.3 is 15.8 Å². The molecular weight excluding hydrogens is 246 g/mol. The molecule has 8 heteroatoms. The summed E-state index contributed by atoms with van der Waals surface area (Å²) in [5.74, 6) is -1.19. The topological polar surface area (TPSA) is 113 Å². The third-order valence-electron chi connectivity index (χ3n) is 3.03. The largest absolute Gasteiger partial charge is 0.409 e. The van der Waals surface area contributed by atoms with Crippen molar-refractivity contribution in [2.75, 3.05) is 18.6 Å². The van der Waals surface area contributed by atoms with Gasteiger partial charge in [0.15, 0.2) is 15.7 Å². The average molecular weight is 263 g/mol. The van der Waals surface area contributed by atoms with Crippen molar-refractivity contribution in [3.63, 3.8) is 0 Å². The number of nitrogens with two attached hydrogens (primary N) is 1. The predicted molar refractivity (Wildman–Crippen MR) is 62.4 cm³/mol. The van der Waals surface area contributed by atoms with Gasteiger partial charge in [0.2, 0.25) is 5.91 Å². The fraction of sp³-hybridized carbons (Fsp3) is 0.778. The summed E-state index contributed by atoms with van der Waals surface area (Å²) in [6, 6.07) is -0.318. The Morgan fingerprint density at radius 2 is 2.18 bits per heavy atom. The quantitative estimate of drug-likeness (QED) is 0.294. The molecule has 1 fully saturated rings. The van der Waals surface area contributed by atoms with Gasteiger partial charge in [-0.25, -0.2) is 8.42 Å². The highest BCUT2D eigenvalue weighted by Gasteiger charge is 2.34. The molecule has 3 N–H and O–H groups in total. The van der Waals surface area contributed by atoms with Crippen LogP contribution in [-0.4, -0.2) is 54.9 Å². The van der Waals surface area contributed by atoms with Gasteiger partial charge in [-0.1, -0.05) is 5.16 Å². The summed E-state index contributed by atoms with van der Waals surface area (Å²) in [5.41, 5.74) is 5.34. The third-order valence-corrected chi connectivity index (χ3v) is 4.78. The van der Waals surface area contributed by atoms with Crippen LogP contribution in [0.2, 0.25) is 0 Å². The van der Waals surface area contributed by atoms with E-state index in [9.17, 15) is 13.2 Å². The van der Waals surface area contributed by atoms with Gasteiger partial charge in [0.25, 0.3) is 0 Å². The fourth-order valence-corrected chi connectivity index (χ4v) is 3.55. The van der Waals surface area contributed by atoms with Crippen LogP contribution in [0, 0.1) is 5.92 Å². The lowest BCUT2D eigenvalue weighted by molar-refractivity contribution is -0.133. The van der Waals surface area contributed by atoms with Crippen molar-refractivity contribution in [3.05, 3.63) is 0 Å². The van der Waals surface area contributed by atoms with Crippen molar-refractivity contribution < 1.29 is 18.4 Å². The van der Waals surface area contributed by atoms with Gasteiger partial charge in [-0.2, -0.15) is 0 Å². The molecule has 0 radical (unpaired) electrons. The van der Waals surface area contributed by atoms with E-state index < -0.39 is 15.8 Å². The summed E-state index contributed by atoms with van der Waals surface area (Å²) >= 11 is 0. The van der Waals surface area contributed by atoms with Gasteiger partial charge in [0.05, 0.1) is 17.4 Å². The lowest BCUT2D eigenvalue weighted by atomic mass is 10.1. The smallest absolute Gasteiger partial charge is 0.233 e. The van der Waals surface area contributed by atoms with Crippen LogP contribution in [0.1, 0.15) is 13.3 Å². The molecule has 1 amide bonds. The lowest BCUT2D eigenvalue weighted by Crippen LogP contribution is -2.44. The van der Waals surface area contributed by atoms with Crippen LogP contribution >= 0.6 is 0 Å². The first-order valence-electron chi connectivity index (χ1n) is 5.23. The van der Waals surface area contributed by atoms with E-state index in [1.165, 1.54) is 18.9 Å². The van der Waals surface area contributed by atoms with Gasteiger partial charge in [0, 0.05) is 13.1 Å². The number of carbonyl (C=O) groups excluding carboxylic acids is 1. The zero-order valence-corrected chi connectivity index (χ0v) is 10.6. The molecule has 1 aliphatic heterocycles. The summed E-state index contributed by atoms with van der Waals surface area (Å²) < 4.78 is 22.6. The predicted octanol–water partition coefficient (Wildman–Crippen LogP) is -0.986. The number of amides is 1. The van der Waals surface area contributed by atoms with Crippen molar-refractivity contribution in [1.82, 2.24) is 4.90 Å². The second-order valence-electron chi connectivity index (χ2n) is 4.25. The normalized spacial score (nSPS) is 25.5. The first kappa shape index (κ1) is 13.8. The molecule has 7 nitrogen and oxygen atoms in total. The second kappa shape index (κ2) is 4.91. The van der Waals surface area contributed by atoms with Crippen LogP contribution in [-0.2, 0) is 14.6 Å². The molecular formula is C9H17N3O4S. The SMILES string of the molecule is CC(C(=O)N(C)C1CCS(=O)(=O)C1)C(N)=NO. The van der Waals surface area contributed by atoms with Crippen LogP contribution in [0.5, 0.6) is 0 Å². The minimum Gasteiger partial charge on any atom is -0.409 e. The number of carbonyl (C=O) groups is 1. The molecule has 1 heterocycles. The van der Waals surface area contributed by atoms with Crippen LogP contribution < -0.4 is 5.73 Å². The van der Waals surface area contributed by atoms with Crippen molar-refractivity contribution in [1.29, 1.82) is 0 Å². The number of rotatable bonds is 3. The zero-order valence-electron chi connectivity index (χ0n) is 9.83. The molecule has 0 aromatic carbocycles. The van der Waals surface area contributed by atoms with Crippen molar-refractivity contribution in [2.45, 2.75) is 19.4 Å². The minimum atomic E-state index is -3.03. The Morgan fingerprint density at radius 3 is 2.59 bits per heavy atom. The van der Waals surface area contributed by atoms with E-state index in [-0.39, 0.29) is 29.3 Å². The maximum atomic E-state index is 11.9. The van der Waals surface area contributed by atoms with E-state index in [1.54, 1.807) is 0 Å².